The molecule has 1 aliphatic rings. The summed E-state index contributed by atoms with van der Waals surface area (Å²) in [5.74, 6) is 0.302. The van der Waals surface area contributed by atoms with Gasteiger partial charge in [-0.05, 0) is 46.8 Å². The summed E-state index contributed by atoms with van der Waals surface area (Å²) in [5.41, 5.74) is 0. The number of methoxy groups -OCH3 is 1. The Hall–Kier alpha value is -0.550. The summed E-state index contributed by atoms with van der Waals surface area (Å²) >= 11 is 4.92. The number of carbonyl (C=O) groups is 1. The quantitative estimate of drug-likeness (QED) is 0.633. The highest BCUT2D eigenvalue weighted by atomic mass is 79.9. The van der Waals surface area contributed by atoms with E-state index in [1.165, 1.54) is 18.9 Å². The maximum absolute atomic E-state index is 11.6. The van der Waals surface area contributed by atoms with Crippen molar-refractivity contribution < 1.29 is 9.53 Å². The van der Waals surface area contributed by atoms with Crippen LogP contribution in [0.15, 0.2) is 27.8 Å². The third kappa shape index (κ3) is 2.77. The normalized spacial score (nSPS) is 16.9. The van der Waals surface area contributed by atoms with Gasteiger partial charge in [0.2, 0.25) is 0 Å². The van der Waals surface area contributed by atoms with Gasteiger partial charge in [-0.1, -0.05) is 11.8 Å². The summed E-state index contributed by atoms with van der Waals surface area (Å²) in [6, 6.07) is 3.79. The minimum absolute atomic E-state index is 0.115. The van der Waals surface area contributed by atoms with Crippen LogP contribution >= 0.6 is 27.7 Å². The molecule has 1 aromatic heterocycles. The summed E-state index contributed by atoms with van der Waals surface area (Å²) in [7, 11) is 1.44. The van der Waals surface area contributed by atoms with Crippen LogP contribution in [0.2, 0.25) is 0 Å². The van der Waals surface area contributed by atoms with Gasteiger partial charge in [0.1, 0.15) is 10.3 Å². The fraction of sp³-hybridized carbons (Fsp3) is 0.455. The maximum Gasteiger partial charge on any atom is 0.319 e. The van der Waals surface area contributed by atoms with Gasteiger partial charge in [0.05, 0.1) is 7.11 Å². The number of pyridine rings is 1. The lowest BCUT2D eigenvalue weighted by Crippen LogP contribution is -2.21. The van der Waals surface area contributed by atoms with Crippen LogP contribution in [0.25, 0.3) is 0 Å². The lowest BCUT2D eigenvalue weighted by Gasteiger charge is -2.13. The number of carbonyl (C=O) groups excluding carboxylic acids is 1. The first kappa shape index (κ1) is 11.9. The van der Waals surface area contributed by atoms with Crippen molar-refractivity contribution in [2.24, 2.45) is 5.92 Å². The van der Waals surface area contributed by atoms with Gasteiger partial charge in [0.25, 0.3) is 0 Å². The molecule has 5 heteroatoms. The lowest BCUT2D eigenvalue weighted by atomic mass is 10.3. The Bertz CT molecular complexity index is 395. The third-order valence-electron chi connectivity index (χ3n) is 2.45. The Labute approximate surface area is 107 Å². The minimum Gasteiger partial charge on any atom is -0.468 e. The zero-order valence-electron chi connectivity index (χ0n) is 8.85. The van der Waals surface area contributed by atoms with Gasteiger partial charge in [-0.3, -0.25) is 4.79 Å². The Balaban J connectivity index is 2.11. The van der Waals surface area contributed by atoms with Crippen LogP contribution in [0.3, 0.4) is 0 Å². The number of hydrogen-bond acceptors (Lipinski definition) is 4. The summed E-state index contributed by atoms with van der Waals surface area (Å²) in [4.78, 5) is 15.9. The topological polar surface area (TPSA) is 39.2 Å². The zero-order chi connectivity index (χ0) is 11.5. The summed E-state index contributed by atoms with van der Waals surface area (Å²) < 4.78 is 5.75. The van der Waals surface area contributed by atoms with Crippen LogP contribution in [0.4, 0.5) is 0 Å². The van der Waals surface area contributed by atoms with Crippen molar-refractivity contribution in [1.82, 2.24) is 4.98 Å². The largest absolute Gasteiger partial charge is 0.468 e. The summed E-state index contributed by atoms with van der Waals surface area (Å²) in [6.45, 7) is 0. The number of nitrogens with zero attached hydrogens (tertiary/aromatic N) is 1. The number of rotatable bonds is 4. The molecule has 1 heterocycles. The van der Waals surface area contributed by atoms with Gasteiger partial charge in [-0.2, -0.15) is 0 Å². The van der Waals surface area contributed by atoms with Gasteiger partial charge >= 0.3 is 5.97 Å². The van der Waals surface area contributed by atoms with Gasteiger partial charge in [-0.25, -0.2) is 4.98 Å². The first-order valence-electron chi connectivity index (χ1n) is 5.07. The number of esters is 1. The monoisotopic (exact) mass is 301 g/mol. The second kappa shape index (κ2) is 5.19. The molecule has 0 aliphatic heterocycles. The second-order valence-electron chi connectivity index (χ2n) is 3.69. The predicted octanol–water partition coefficient (Wildman–Crippen LogP) is 2.89. The van der Waals surface area contributed by atoms with E-state index in [-0.39, 0.29) is 11.2 Å². The number of ether oxygens (including phenoxy) is 1. The van der Waals surface area contributed by atoms with E-state index < -0.39 is 0 Å². The van der Waals surface area contributed by atoms with Crippen molar-refractivity contribution >= 4 is 33.7 Å². The molecule has 1 saturated carbocycles. The number of hydrogen-bond donors (Lipinski definition) is 0. The highest BCUT2D eigenvalue weighted by Crippen LogP contribution is 2.43. The molecule has 2 rings (SSSR count). The van der Waals surface area contributed by atoms with E-state index in [2.05, 4.69) is 20.9 Å². The van der Waals surface area contributed by atoms with E-state index >= 15 is 0 Å². The molecule has 0 N–H and O–H groups in total. The van der Waals surface area contributed by atoms with Crippen molar-refractivity contribution in [1.29, 1.82) is 0 Å². The highest BCUT2D eigenvalue weighted by molar-refractivity contribution is 9.10. The van der Waals surface area contributed by atoms with Crippen LogP contribution < -0.4 is 0 Å². The van der Waals surface area contributed by atoms with Crippen molar-refractivity contribution in [2.45, 2.75) is 23.1 Å². The van der Waals surface area contributed by atoms with E-state index in [0.717, 1.165) is 22.3 Å². The van der Waals surface area contributed by atoms with E-state index in [1.807, 2.05) is 12.1 Å². The summed E-state index contributed by atoms with van der Waals surface area (Å²) in [5, 5.41) is 0.737. The highest BCUT2D eigenvalue weighted by Gasteiger charge is 2.38. The molecule has 0 saturated heterocycles. The first-order chi connectivity index (χ1) is 7.72. The van der Waals surface area contributed by atoms with Crippen molar-refractivity contribution in [3.63, 3.8) is 0 Å². The fourth-order valence-corrected chi connectivity index (χ4v) is 3.17. The van der Waals surface area contributed by atoms with Crippen molar-refractivity contribution in [3.8, 4) is 0 Å². The summed E-state index contributed by atoms with van der Waals surface area (Å²) in [6.07, 6.45) is 3.95. The fourth-order valence-electron chi connectivity index (χ4n) is 1.43. The number of halogens is 1. The molecule has 86 valence electrons. The number of thioether (sulfide) groups is 1. The molecule has 0 radical (unpaired) electrons. The van der Waals surface area contributed by atoms with Crippen LogP contribution in [0, 0.1) is 5.92 Å². The molecule has 1 aliphatic carbocycles. The van der Waals surface area contributed by atoms with Gasteiger partial charge in [-0.15, -0.1) is 0 Å². The average Bonchev–Trinajstić information content (AvgIpc) is 3.11. The molecule has 3 nitrogen and oxygen atoms in total. The van der Waals surface area contributed by atoms with E-state index in [0.29, 0.717) is 5.92 Å². The number of aromatic nitrogens is 1. The standard InChI is InChI=1S/C11H12BrNO2S/c1-15-11(14)9(7-4-5-7)16-10-8(12)3-2-6-13-10/h2-3,6-7,9H,4-5H2,1H3. The lowest BCUT2D eigenvalue weighted by molar-refractivity contribution is -0.140. The molecule has 0 spiro atoms. The molecule has 0 aromatic carbocycles. The van der Waals surface area contributed by atoms with Crippen LogP contribution in [0.5, 0.6) is 0 Å². The molecular formula is C11H12BrNO2S. The van der Waals surface area contributed by atoms with Gasteiger partial charge in [0, 0.05) is 10.7 Å². The van der Waals surface area contributed by atoms with Crippen LogP contribution in [-0.2, 0) is 9.53 Å². The van der Waals surface area contributed by atoms with Crippen LogP contribution in [-0.4, -0.2) is 23.3 Å². The molecule has 1 unspecified atom stereocenters. The van der Waals surface area contributed by atoms with E-state index in [1.54, 1.807) is 6.20 Å². The Morgan fingerprint density at radius 2 is 2.44 bits per heavy atom. The molecule has 0 bridgehead atoms. The minimum atomic E-state index is -0.148. The van der Waals surface area contributed by atoms with Gasteiger partial charge < -0.3 is 4.74 Å². The molecule has 1 aromatic rings. The third-order valence-corrected chi connectivity index (χ3v) is 4.73. The first-order valence-corrected chi connectivity index (χ1v) is 6.74. The van der Waals surface area contributed by atoms with E-state index in [9.17, 15) is 4.79 Å². The smallest absolute Gasteiger partial charge is 0.319 e. The zero-order valence-corrected chi connectivity index (χ0v) is 11.3. The van der Waals surface area contributed by atoms with Crippen LogP contribution in [0.1, 0.15) is 12.8 Å². The molecule has 16 heavy (non-hydrogen) atoms. The molecule has 1 fully saturated rings. The van der Waals surface area contributed by atoms with E-state index in [4.69, 9.17) is 4.74 Å². The average molecular weight is 302 g/mol. The van der Waals surface area contributed by atoms with Crippen molar-refractivity contribution in [3.05, 3.63) is 22.8 Å². The second-order valence-corrected chi connectivity index (χ2v) is 5.67. The SMILES string of the molecule is COC(=O)C(Sc1ncccc1Br)C1CC1. The Kier molecular flexibility index (Phi) is 3.86. The Morgan fingerprint density at radius 3 is 3.00 bits per heavy atom. The predicted molar refractivity (Wildman–Crippen MR) is 66.3 cm³/mol. The maximum atomic E-state index is 11.6. The van der Waals surface area contributed by atoms with Crippen molar-refractivity contribution in [2.75, 3.05) is 7.11 Å². The Morgan fingerprint density at radius 1 is 1.69 bits per heavy atom. The molecule has 1 atom stereocenters. The molecular weight excluding hydrogens is 290 g/mol. The molecule has 0 amide bonds. The van der Waals surface area contributed by atoms with Gasteiger partial charge in [0.15, 0.2) is 0 Å².